The van der Waals surface area contributed by atoms with E-state index < -0.39 is 0 Å². The van der Waals surface area contributed by atoms with Crippen LogP contribution in [0.5, 0.6) is 0 Å². The van der Waals surface area contributed by atoms with Gasteiger partial charge in [-0.05, 0) is 53.1 Å². The Bertz CT molecular complexity index is 399. The lowest BCUT2D eigenvalue weighted by atomic mass is 10.0. The van der Waals surface area contributed by atoms with E-state index in [1.165, 1.54) is 30.8 Å². The number of pyridine rings is 1. The number of nitrogens with zero attached hydrogens (tertiary/aromatic N) is 3. The van der Waals surface area contributed by atoms with Crippen molar-refractivity contribution in [1.82, 2.24) is 9.88 Å². The second kappa shape index (κ2) is 6.38. The molecule has 2 heterocycles. The second-order valence-electron chi connectivity index (χ2n) is 5.58. The molecule has 0 N–H and O–H groups in total. The predicted molar refractivity (Wildman–Crippen MR) is 81.6 cm³/mol. The molecule has 3 nitrogen and oxygen atoms in total. The van der Waals surface area contributed by atoms with Crippen LogP contribution in [0.2, 0.25) is 0 Å². The number of aromatic nitrogens is 1. The molecule has 0 unspecified atom stereocenters. The smallest absolute Gasteiger partial charge is 0.133 e. The van der Waals surface area contributed by atoms with Crippen LogP contribution in [0.15, 0.2) is 18.3 Å². The van der Waals surface area contributed by atoms with Gasteiger partial charge in [0.15, 0.2) is 0 Å². The van der Waals surface area contributed by atoms with Gasteiger partial charge in [0, 0.05) is 36.9 Å². The van der Waals surface area contributed by atoms with Gasteiger partial charge >= 0.3 is 0 Å². The third-order valence-electron chi connectivity index (χ3n) is 4.20. The molecule has 1 aromatic heterocycles. The van der Waals surface area contributed by atoms with Gasteiger partial charge in [-0.25, -0.2) is 4.98 Å². The fourth-order valence-electron chi connectivity index (χ4n) is 3.20. The van der Waals surface area contributed by atoms with Crippen molar-refractivity contribution < 1.29 is 0 Å². The van der Waals surface area contributed by atoms with Crippen LogP contribution in [-0.4, -0.2) is 35.6 Å². The lowest BCUT2D eigenvalue weighted by Crippen LogP contribution is -2.32. The van der Waals surface area contributed by atoms with Crippen LogP contribution < -0.4 is 4.90 Å². The van der Waals surface area contributed by atoms with E-state index in [1.54, 1.807) is 0 Å². The van der Waals surface area contributed by atoms with Gasteiger partial charge in [0.2, 0.25) is 0 Å². The van der Waals surface area contributed by atoms with E-state index in [2.05, 4.69) is 54.6 Å². The fraction of sp³-hybridized carbons (Fsp3) is 0.688. The molecule has 1 saturated heterocycles. The Labute approximate surface area is 117 Å². The van der Waals surface area contributed by atoms with E-state index in [9.17, 15) is 0 Å². The molecule has 0 aromatic carbocycles. The number of hydrogen-bond acceptors (Lipinski definition) is 3. The van der Waals surface area contributed by atoms with E-state index >= 15 is 0 Å². The summed E-state index contributed by atoms with van der Waals surface area (Å²) in [7, 11) is 0. The summed E-state index contributed by atoms with van der Waals surface area (Å²) in [4.78, 5) is 9.64. The highest BCUT2D eigenvalue weighted by Gasteiger charge is 2.30. The van der Waals surface area contributed by atoms with Crippen LogP contribution >= 0.6 is 0 Å². The molecule has 2 rings (SSSR count). The average molecular weight is 261 g/mol. The van der Waals surface area contributed by atoms with E-state index in [0.29, 0.717) is 12.1 Å². The zero-order valence-corrected chi connectivity index (χ0v) is 12.8. The van der Waals surface area contributed by atoms with Crippen LogP contribution in [-0.2, 0) is 0 Å². The van der Waals surface area contributed by atoms with E-state index in [-0.39, 0.29) is 0 Å². The Kier molecular flexibility index (Phi) is 4.81. The first-order valence-electron chi connectivity index (χ1n) is 7.64. The maximum absolute atomic E-state index is 4.66. The molecule has 0 saturated carbocycles. The maximum atomic E-state index is 4.66. The van der Waals surface area contributed by atoms with Crippen LogP contribution in [0.1, 0.15) is 52.1 Å². The van der Waals surface area contributed by atoms with Crippen LogP contribution in [0.3, 0.4) is 0 Å². The highest BCUT2D eigenvalue weighted by atomic mass is 15.2. The summed E-state index contributed by atoms with van der Waals surface area (Å²) in [5.41, 5.74) is 1.41. The molecule has 1 aliphatic heterocycles. The molecule has 106 valence electrons. The Morgan fingerprint density at radius 1 is 1.37 bits per heavy atom. The first-order valence-corrected chi connectivity index (χ1v) is 7.64. The standard InChI is InChI=1S/C16H27N3/c1-5-18(6-2)16-14(9-7-11-17-16)15-10-8-12-19(15)13(3)4/h7,9,11,13,15H,5-6,8,10,12H2,1-4H3/t15-/m0/s1. The van der Waals surface area contributed by atoms with Crippen molar-refractivity contribution in [1.29, 1.82) is 0 Å². The molecule has 0 aliphatic carbocycles. The first kappa shape index (κ1) is 14.3. The Hall–Kier alpha value is -1.09. The summed E-state index contributed by atoms with van der Waals surface area (Å²) in [5.74, 6) is 1.19. The van der Waals surface area contributed by atoms with Crippen molar-refractivity contribution in [2.45, 2.75) is 52.6 Å². The summed E-state index contributed by atoms with van der Waals surface area (Å²) in [6.07, 6.45) is 4.49. The monoisotopic (exact) mass is 261 g/mol. The number of hydrogen-bond donors (Lipinski definition) is 0. The lowest BCUT2D eigenvalue weighted by Gasteiger charge is -2.32. The molecule has 1 aromatic rings. The molecular formula is C16H27N3. The van der Waals surface area contributed by atoms with Gasteiger partial charge in [-0.2, -0.15) is 0 Å². The molecule has 1 atom stereocenters. The Morgan fingerprint density at radius 2 is 2.11 bits per heavy atom. The van der Waals surface area contributed by atoms with Crippen molar-refractivity contribution in [3.05, 3.63) is 23.9 Å². The molecule has 1 aliphatic rings. The molecule has 3 heteroatoms. The minimum atomic E-state index is 0.546. The molecule has 0 radical (unpaired) electrons. The van der Waals surface area contributed by atoms with Crippen molar-refractivity contribution in [2.24, 2.45) is 0 Å². The third-order valence-corrected chi connectivity index (χ3v) is 4.20. The van der Waals surface area contributed by atoms with Crippen molar-refractivity contribution >= 4 is 5.82 Å². The van der Waals surface area contributed by atoms with Gasteiger partial charge in [0.1, 0.15) is 5.82 Å². The van der Waals surface area contributed by atoms with E-state index in [0.717, 1.165) is 13.1 Å². The van der Waals surface area contributed by atoms with Gasteiger partial charge in [0.25, 0.3) is 0 Å². The van der Waals surface area contributed by atoms with E-state index in [4.69, 9.17) is 0 Å². The van der Waals surface area contributed by atoms with Crippen LogP contribution in [0.4, 0.5) is 5.82 Å². The zero-order chi connectivity index (χ0) is 13.8. The topological polar surface area (TPSA) is 19.4 Å². The predicted octanol–water partition coefficient (Wildman–Crippen LogP) is 3.47. The highest BCUT2D eigenvalue weighted by molar-refractivity contribution is 5.48. The van der Waals surface area contributed by atoms with E-state index in [1.807, 2.05) is 6.20 Å². The van der Waals surface area contributed by atoms with Gasteiger partial charge in [-0.15, -0.1) is 0 Å². The number of anilines is 1. The summed E-state index contributed by atoms with van der Waals surface area (Å²) < 4.78 is 0. The van der Waals surface area contributed by atoms with Crippen LogP contribution in [0.25, 0.3) is 0 Å². The quantitative estimate of drug-likeness (QED) is 0.809. The average Bonchev–Trinajstić information content (AvgIpc) is 2.90. The second-order valence-corrected chi connectivity index (χ2v) is 5.58. The largest absolute Gasteiger partial charge is 0.357 e. The van der Waals surface area contributed by atoms with Crippen molar-refractivity contribution in [3.8, 4) is 0 Å². The Balaban J connectivity index is 2.33. The number of likely N-dealkylation sites (tertiary alicyclic amines) is 1. The molecule has 1 fully saturated rings. The Morgan fingerprint density at radius 3 is 2.74 bits per heavy atom. The van der Waals surface area contributed by atoms with Gasteiger partial charge in [-0.1, -0.05) is 6.07 Å². The molecule has 19 heavy (non-hydrogen) atoms. The summed E-state index contributed by atoms with van der Waals surface area (Å²) in [6.45, 7) is 12.3. The molecular weight excluding hydrogens is 234 g/mol. The normalized spacial score (nSPS) is 20.2. The minimum absolute atomic E-state index is 0.546. The van der Waals surface area contributed by atoms with Crippen LogP contribution in [0, 0.1) is 0 Å². The first-order chi connectivity index (χ1) is 9.19. The minimum Gasteiger partial charge on any atom is -0.357 e. The van der Waals surface area contributed by atoms with Crippen molar-refractivity contribution in [3.63, 3.8) is 0 Å². The maximum Gasteiger partial charge on any atom is 0.133 e. The van der Waals surface area contributed by atoms with Gasteiger partial charge < -0.3 is 4.90 Å². The number of rotatable bonds is 5. The zero-order valence-electron chi connectivity index (χ0n) is 12.8. The summed E-state index contributed by atoms with van der Waals surface area (Å²) in [6, 6.07) is 5.51. The van der Waals surface area contributed by atoms with Gasteiger partial charge in [-0.3, -0.25) is 4.90 Å². The summed E-state index contributed by atoms with van der Waals surface area (Å²) in [5, 5.41) is 0. The van der Waals surface area contributed by atoms with Gasteiger partial charge in [0.05, 0.1) is 0 Å². The highest BCUT2D eigenvalue weighted by Crippen LogP contribution is 2.37. The summed E-state index contributed by atoms with van der Waals surface area (Å²) >= 11 is 0. The molecule has 0 spiro atoms. The lowest BCUT2D eigenvalue weighted by molar-refractivity contribution is 0.205. The molecule has 0 bridgehead atoms. The fourth-order valence-corrected chi connectivity index (χ4v) is 3.20. The third kappa shape index (κ3) is 2.92. The SMILES string of the molecule is CCN(CC)c1ncccc1[C@@H]1CCCN1C(C)C. The van der Waals surface area contributed by atoms with Crippen molar-refractivity contribution in [2.75, 3.05) is 24.5 Å². The molecule has 0 amide bonds.